The van der Waals surface area contributed by atoms with Crippen molar-refractivity contribution in [1.29, 1.82) is 0 Å². The van der Waals surface area contributed by atoms with Gasteiger partial charge in [0.05, 0.1) is 17.1 Å². The molecule has 1 aromatic rings. The number of likely N-dealkylation sites (tertiary alicyclic amines) is 1. The Morgan fingerprint density at radius 2 is 1.87 bits per heavy atom. The lowest BCUT2D eigenvalue weighted by Gasteiger charge is -2.16. The second kappa shape index (κ2) is 6.66. The van der Waals surface area contributed by atoms with E-state index >= 15 is 0 Å². The van der Waals surface area contributed by atoms with Gasteiger partial charge in [0, 0.05) is 13.1 Å². The molecular weight excluding hydrogens is 357 g/mol. The molecule has 0 aromatic heterocycles. The highest BCUT2D eigenvalue weighted by molar-refractivity contribution is 7.89. The first-order valence-electron chi connectivity index (χ1n) is 6.75. The van der Waals surface area contributed by atoms with Crippen LogP contribution in [0.25, 0.3) is 0 Å². The van der Waals surface area contributed by atoms with Crippen LogP contribution in [0.4, 0.5) is 13.2 Å². The van der Waals surface area contributed by atoms with Crippen molar-refractivity contribution < 1.29 is 26.4 Å². The highest BCUT2D eigenvalue weighted by Gasteiger charge is 2.33. The van der Waals surface area contributed by atoms with Crippen LogP contribution in [0.3, 0.4) is 0 Å². The van der Waals surface area contributed by atoms with Gasteiger partial charge in [-0.25, -0.2) is 13.1 Å². The molecule has 0 unspecified atom stereocenters. The first kappa shape index (κ1) is 18.0. The van der Waals surface area contributed by atoms with Gasteiger partial charge >= 0.3 is 6.18 Å². The van der Waals surface area contributed by atoms with Crippen LogP contribution in [0.1, 0.15) is 18.4 Å². The molecule has 5 nitrogen and oxygen atoms in total. The summed E-state index contributed by atoms with van der Waals surface area (Å²) in [4.78, 5) is 12.6. The molecule has 0 spiro atoms. The molecule has 23 heavy (non-hydrogen) atoms. The summed E-state index contributed by atoms with van der Waals surface area (Å²) in [5.74, 6) is -0.422. The average molecular weight is 371 g/mol. The Morgan fingerprint density at radius 1 is 1.26 bits per heavy atom. The number of carbonyl (C=O) groups is 1. The van der Waals surface area contributed by atoms with E-state index in [1.807, 2.05) is 4.72 Å². The number of nitrogens with zero attached hydrogens (tertiary/aromatic N) is 1. The van der Waals surface area contributed by atoms with Crippen molar-refractivity contribution in [3.63, 3.8) is 0 Å². The minimum Gasteiger partial charge on any atom is -0.342 e. The van der Waals surface area contributed by atoms with Crippen LogP contribution in [0.2, 0.25) is 5.02 Å². The fourth-order valence-corrected chi connectivity index (χ4v) is 3.70. The topological polar surface area (TPSA) is 66.5 Å². The average Bonchev–Trinajstić information content (AvgIpc) is 2.98. The van der Waals surface area contributed by atoms with Crippen LogP contribution >= 0.6 is 11.6 Å². The summed E-state index contributed by atoms with van der Waals surface area (Å²) in [6.45, 7) is 0.574. The summed E-state index contributed by atoms with van der Waals surface area (Å²) >= 11 is 5.69. The summed E-state index contributed by atoms with van der Waals surface area (Å²) in [7, 11) is -4.33. The predicted octanol–water partition coefficient (Wildman–Crippen LogP) is 2.26. The number of alkyl halides is 3. The molecule has 1 amide bonds. The summed E-state index contributed by atoms with van der Waals surface area (Å²) < 4.78 is 64.3. The van der Waals surface area contributed by atoms with Gasteiger partial charge in [0.2, 0.25) is 15.9 Å². The molecule has 1 aromatic carbocycles. The van der Waals surface area contributed by atoms with E-state index in [-0.39, 0.29) is 5.02 Å². The highest BCUT2D eigenvalue weighted by atomic mass is 35.5. The van der Waals surface area contributed by atoms with Crippen molar-refractivity contribution in [2.24, 2.45) is 0 Å². The molecule has 1 fully saturated rings. The second-order valence-electron chi connectivity index (χ2n) is 5.06. The number of benzene rings is 1. The van der Waals surface area contributed by atoms with Crippen LogP contribution < -0.4 is 4.72 Å². The zero-order valence-corrected chi connectivity index (χ0v) is 13.4. The number of carbonyl (C=O) groups excluding carboxylic acids is 1. The van der Waals surface area contributed by atoms with Crippen molar-refractivity contribution in [3.05, 3.63) is 28.8 Å². The number of hydrogen-bond donors (Lipinski definition) is 1. The number of sulfonamides is 1. The van der Waals surface area contributed by atoms with Crippen LogP contribution in [0, 0.1) is 0 Å². The molecule has 0 radical (unpaired) electrons. The van der Waals surface area contributed by atoms with E-state index in [9.17, 15) is 26.4 Å². The minimum atomic E-state index is -4.69. The summed E-state index contributed by atoms with van der Waals surface area (Å²) in [6.07, 6.45) is -3.00. The molecule has 10 heteroatoms. The molecular formula is C13H14ClF3N2O3S. The molecule has 1 saturated heterocycles. The maximum absolute atomic E-state index is 12.7. The second-order valence-corrected chi connectivity index (χ2v) is 7.20. The number of amides is 1. The van der Waals surface area contributed by atoms with E-state index in [0.717, 1.165) is 18.9 Å². The number of nitrogens with one attached hydrogen (secondary N) is 1. The van der Waals surface area contributed by atoms with Gasteiger partial charge in [-0.05, 0) is 31.0 Å². The lowest BCUT2D eigenvalue weighted by Crippen LogP contribution is -2.38. The van der Waals surface area contributed by atoms with Gasteiger partial charge in [-0.3, -0.25) is 4.79 Å². The van der Waals surface area contributed by atoms with E-state index in [1.54, 1.807) is 0 Å². The SMILES string of the molecule is O=C(CNS(=O)(=O)c1cc(C(F)(F)F)ccc1Cl)N1CCCC1. The lowest BCUT2D eigenvalue weighted by atomic mass is 10.2. The first-order valence-corrected chi connectivity index (χ1v) is 8.61. The largest absolute Gasteiger partial charge is 0.416 e. The van der Waals surface area contributed by atoms with Crippen molar-refractivity contribution in [3.8, 4) is 0 Å². The van der Waals surface area contributed by atoms with Crippen molar-refractivity contribution in [2.45, 2.75) is 23.9 Å². The van der Waals surface area contributed by atoms with E-state index < -0.39 is 39.1 Å². The molecule has 1 aliphatic heterocycles. The maximum Gasteiger partial charge on any atom is 0.416 e. The minimum absolute atomic E-state index is 0.348. The standard InChI is InChI=1S/C13H14ClF3N2O3S/c14-10-4-3-9(13(15,16)17)7-11(10)23(21,22)18-8-12(20)19-5-1-2-6-19/h3-4,7,18H,1-2,5-6,8H2. The van der Waals surface area contributed by atoms with Crippen LogP contribution in [0.15, 0.2) is 23.1 Å². The van der Waals surface area contributed by atoms with E-state index in [4.69, 9.17) is 11.6 Å². The number of hydrogen-bond acceptors (Lipinski definition) is 3. The van der Waals surface area contributed by atoms with Gasteiger partial charge in [-0.15, -0.1) is 0 Å². The molecule has 0 atom stereocenters. The van der Waals surface area contributed by atoms with Gasteiger partial charge in [0.25, 0.3) is 0 Å². The van der Waals surface area contributed by atoms with Crippen LogP contribution in [0.5, 0.6) is 0 Å². The molecule has 0 aliphatic carbocycles. The Balaban J connectivity index is 2.17. The lowest BCUT2D eigenvalue weighted by molar-refractivity contribution is -0.137. The molecule has 2 rings (SSSR count). The zero-order chi connectivity index (χ0) is 17.3. The summed E-state index contributed by atoms with van der Waals surface area (Å²) in [5.41, 5.74) is -1.13. The summed E-state index contributed by atoms with van der Waals surface area (Å²) in [5, 5.41) is -0.348. The molecule has 1 N–H and O–H groups in total. The molecule has 0 bridgehead atoms. The number of halogens is 4. The van der Waals surface area contributed by atoms with E-state index in [0.29, 0.717) is 25.2 Å². The van der Waals surface area contributed by atoms with Crippen LogP contribution in [-0.2, 0) is 21.0 Å². The number of rotatable bonds is 4. The van der Waals surface area contributed by atoms with Gasteiger partial charge in [-0.2, -0.15) is 13.2 Å². The third kappa shape index (κ3) is 4.36. The Bertz CT molecular complexity index is 701. The van der Waals surface area contributed by atoms with Crippen LogP contribution in [-0.4, -0.2) is 38.9 Å². The van der Waals surface area contributed by atoms with Gasteiger partial charge in [-0.1, -0.05) is 11.6 Å². The van der Waals surface area contributed by atoms with Gasteiger partial charge in [0.1, 0.15) is 4.90 Å². The zero-order valence-electron chi connectivity index (χ0n) is 11.9. The van der Waals surface area contributed by atoms with E-state index in [1.165, 1.54) is 4.90 Å². The Morgan fingerprint density at radius 3 is 2.43 bits per heavy atom. The highest BCUT2D eigenvalue weighted by Crippen LogP contribution is 2.33. The Hall–Kier alpha value is -1.32. The normalized spacial score (nSPS) is 15.9. The van der Waals surface area contributed by atoms with Crippen molar-refractivity contribution in [1.82, 2.24) is 9.62 Å². The fraction of sp³-hybridized carbons (Fsp3) is 0.462. The molecule has 128 valence electrons. The predicted molar refractivity (Wildman–Crippen MR) is 77.5 cm³/mol. The Labute approximate surface area is 136 Å². The van der Waals surface area contributed by atoms with Crippen molar-refractivity contribution >= 4 is 27.5 Å². The fourth-order valence-electron chi connectivity index (χ4n) is 2.20. The van der Waals surface area contributed by atoms with E-state index in [2.05, 4.69) is 0 Å². The third-order valence-electron chi connectivity index (χ3n) is 3.42. The molecule has 1 aliphatic rings. The Kier molecular flexibility index (Phi) is 5.22. The van der Waals surface area contributed by atoms with Gasteiger partial charge in [0.15, 0.2) is 0 Å². The summed E-state index contributed by atoms with van der Waals surface area (Å²) in [6, 6.07) is 2.00. The van der Waals surface area contributed by atoms with Crippen molar-refractivity contribution in [2.75, 3.05) is 19.6 Å². The smallest absolute Gasteiger partial charge is 0.342 e. The monoisotopic (exact) mass is 370 g/mol. The maximum atomic E-state index is 12.7. The molecule has 1 heterocycles. The quantitative estimate of drug-likeness (QED) is 0.884. The first-order chi connectivity index (χ1) is 10.6. The van der Waals surface area contributed by atoms with Gasteiger partial charge < -0.3 is 4.90 Å². The third-order valence-corrected chi connectivity index (χ3v) is 5.30. The molecule has 0 saturated carbocycles.